The Morgan fingerprint density at radius 3 is 2.58 bits per heavy atom. The molecular weight excluding hydrogens is 240 g/mol. The first-order valence-corrected chi connectivity index (χ1v) is 6.89. The first-order chi connectivity index (χ1) is 8.96. The molecule has 1 aliphatic rings. The van der Waals surface area contributed by atoms with Crippen molar-refractivity contribution in [3.05, 3.63) is 18.3 Å². The van der Waals surface area contributed by atoms with Crippen molar-refractivity contribution in [1.82, 2.24) is 10.3 Å². The van der Waals surface area contributed by atoms with Crippen LogP contribution in [0.15, 0.2) is 18.3 Å². The molecule has 1 N–H and O–H groups in total. The third kappa shape index (κ3) is 4.39. The smallest absolute Gasteiger partial charge is 0.213 e. The molecule has 0 unspecified atom stereocenters. The lowest BCUT2D eigenvalue weighted by molar-refractivity contribution is 0.0837. The second kappa shape index (κ2) is 5.78. The zero-order chi connectivity index (χ0) is 13.9. The van der Waals surface area contributed by atoms with Crippen molar-refractivity contribution in [2.75, 3.05) is 13.7 Å². The van der Waals surface area contributed by atoms with Crippen LogP contribution in [0.4, 0.5) is 0 Å². The summed E-state index contributed by atoms with van der Waals surface area (Å²) >= 11 is 0. The van der Waals surface area contributed by atoms with E-state index in [4.69, 9.17) is 9.47 Å². The molecular formula is C15H24N2O2. The van der Waals surface area contributed by atoms with Crippen molar-refractivity contribution in [2.45, 2.75) is 45.8 Å². The molecule has 2 rings (SSSR count). The van der Waals surface area contributed by atoms with E-state index in [2.05, 4.69) is 31.1 Å². The summed E-state index contributed by atoms with van der Waals surface area (Å²) in [6, 6.07) is 4.40. The van der Waals surface area contributed by atoms with Gasteiger partial charge in [0.2, 0.25) is 5.88 Å². The molecule has 1 heterocycles. The highest BCUT2D eigenvalue weighted by molar-refractivity contribution is 5.23. The summed E-state index contributed by atoms with van der Waals surface area (Å²) in [7, 11) is 1.99. The monoisotopic (exact) mass is 264 g/mol. The first-order valence-electron chi connectivity index (χ1n) is 6.89. The van der Waals surface area contributed by atoms with Crippen LogP contribution in [0.3, 0.4) is 0 Å². The van der Waals surface area contributed by atoms with Gasteiger partial charge in [-0.15, -0.1) is 0 Å². The van der Waals surface area contributed by atoms with Crippen LogP contribution in [0.2, 0.25) is 0 Å². The summed E-state index contributed by atoms with van der Waals surface area (Å²) in [6.45, 7) is 7.12. The number of nitrogens with one attached hydrogen (secondary N) is 1. The van der Waals surface area contributed by atoms with Crippen LogP contribution in [0.1, 0.15) is 33.6 Å². The van der Waals surface area contributed by atoms with Crippen molar-refractivity contribution >= 4 is 0 Å². The maximum atomic E-state index is 5.78. The van der Waals surface area contributed by atoms with Crippen LogP contribution in [-0.2, 0) is 0 Å². The Morgan fingerprint density at radius 2 is 2.05 bits per heavy atom. The summed E-state index contributed by atoms with van der Waals surface area (Å²) in [5.41, 5.74) is 0.156. The summed E-state index contributed by atoms with van der Waals surface area (Å²) in [5.74, 6) is 1.48. The predicted molar refractivity (Wildman–Crippen MR) is 75.7 cm³/mol. The van der Waals surface area contributed by atoms with Crippen LogP contribution in [0.25, 0.3) is 0 Å². The van der Waals surface area contributed by atoms with E-state index in [1.165, 1.54) is 0 Å². The van der Waals surface area contributed by atoms with E-state index < -0.39 is 0 Å². The summed E-state index contributed by atoms with van der Waals surface area (Å²) in [4.78, 5) is 4.28. The van der Waals surface area contributed by atoms with Gasteiger partial charge in [-0.05, 0) is 31.4 Å². The molecule has 0 bridgehead atoms. The molecule has 19 heavy (non-hydrogen) atoms. The molecule has 1 fully saturated rings. The highest BCUT2D eigenvalue weighted by atomic mass is 16.5. The molecule has 4 heteroatoms. The number of aromatic nitrogens is 1. The van der Waals surface area contributed by atoms with Crippen LogP contribution in [-0.4, -0.2) is 30.8 Å². The van der Waals surface area contributed by atoms with Crippen molar-refractivity contribution in [3.63, 3.8) is 0 Å². The average Bonchev–Trinajstić information content (AvgIpc) is 2.31. The van der Waals surface area contributed by atoms with Gasteiger partial charge in [-0.2, -0.15) is 0 Å². The number of rotatable bonds is 5. The molecule has 1 saturated carbocycles. The van der Waals surface area contributed by atoms with E-state index in [-0.39, 0.29) is 5.41 Å². The van der Waals surface area contributed by atoms with Crippen molar-refractivity contribution in [2.24, 2.45) is 5.41 Å². The number of ether oxygens (including phenoxy) is 2. The van der Waals surface area contributed by atoms with E-state index in [0.29, 0.717) is 24.6 Å². The average molecular weight is 264 g/mol. The minimum atomic E-state index is 0.156. The van der Waals surface area contributed by atoms with E-state index in [9.17, 15) is 0 Å². The van der Waals surface area contributed by atoms with Gasteiger partial charge in [0.15, 0.2) is 0 Å². The van der Waals surface area contributed by atoms with Gasteiger partial charge >= 0.3 is 0 Å². The Balaban J connectivity index is 1.78. The molecule has 1 aromatic heterocycles. The zero-order valence-corrected chi connectivity index (χ0v) is 12.3. The number of hydrogen-bond acceptors (Lipinski definition) is 4. The van der Waals surface area contributed by atoms with Gasteiger partial charge in [-0.1, -0.05) is 20.8 Å². The van der Waals surface area contributed by atoms with Gasteiger partial charge in [0.25, 0.3) is 0 Å². The Kier molecular flexibility index (Phi) is 4.30. The van der Waals surface area contributed by atoms with Crippen LogP contribution in [0.5, 0.6) is 11.6 Å². The molecule has 0 atom stereocenters. The molecule has 0 aromatic carbocycles. The molecule has 0 spiro atoms. The molecule has 106 valence electrons. The highest BCUT2D eigenvalue weighted by Crippen LogP contribution is 2.25. The standard InChI is InChI=1S/C15H24N2O2/c1-15(2,3)10-18-12-5-6-14(17-9-12)19-13-7-11(8-13)16-4/h5-6,9,11,13,16H,7-8,10H2,1-4H3/t11-,13+. The lowest BCUT2D eigenvalue weighted by Gasteiger charge is -2.34. The lowest BCUT2D eigenvalue weighted by Crippen LogP contribution is -2.45. The maximum absolute atomic E-state index is 5.78. The third-order valence-electron chi connectivity index (χ3n) is 3.17. The number of hydrogen-bond donors (Lipinski definition) is 1. The molecule has 4 nitrogen and oxygen atoms in total. The maximum Gasteiger partial charge on any atom is 0.213 e. The Morgan fingerprint density at radius 1 is 1.32 bits per heavy atom. The SMILES string of the molecule is CN[C@H]1C[C@@H](Oc2ccc(OCC(C)(C)C)cn2)C1. The van der Waals surface area contributed by atoms with E-state index in [0.717, 1.165) is 18.6 Å². The van der Waals surface area contributed by atoms with Gasteiger partial charge in [0.1, 0.15) is 11.9 Å². The second-order valence-corrected chi connectivity index (χ2v) is 6.38. The first kappa shape index (κ1) is 14.1. The Bertz CT molecular complexity index is 392. The molecule has 0 saturated heterocycles. The molecule has 0 aliphatic heterocycles. The van der Waals surface area contributed by atoms with E-state index >= 15 is 0 Å². The predicted octanol–water partition coefficient (Wildman–Crippen LogP) is 2.64. The summed E-state index contributed by atoms with van der Waals surface area (Å²) in [5, 5.41) is 3.24. The summed E-state index contributed by atoms with van der Waals surface area (Å²) < 4.78 is 11.5. The fourth-order valence-corrected chi connectivity index (χ4v) is 1.89. The normalized spacial score (nSPS) is 22.7. The third-order valence-corrected chi connectivity index (χ3v) is 3.17. The summed E-state index contributed by atoms with van der Waals surface area (Å²) in [6.07, 6.45) is 4.14. The number of nitrogens with zero attached hydrogens (tertiary/aromatic N) is 1. The van der Waals surface area contributed by atoms with Crippen LogP contribution in [0, 0.1) is 5.41 Å². The largest absolute Gasteiger partial charge is 0.491 e. The molecule has 0 amide bonds. The highest BCUT2D eigenvalue weighted by Gasteiger charge is 2.29. The minimum absolute atomic E-state index is 0.156. The van der Waals surface area contributed by atoms with Gasteiger partial charge < -0.3 is 14.8 Å². The van der Waals surface area contributed by atoms with E-state index in [1.807, 2.05) is 19.2 Å². The van der Waals surface area contributed by atoms with Crippen molar-refractivity contribution in [1.29, 1.82) is 0 Å². The van der Waals surface area contributed by atoms with Gasteiger partial charge in [-0.25, -0.2) is 4.98 Å². The van der Waals surface area contributed by atoms with Crippen molar-refractivity contribution < 1.29 is 9.47 Å². The molecule has 1 aromatic rings. The topological polar surface area (TPSA) is 43.4 Å². The van der Waals surface area contributed by atoms with Crippen LogP contribution < -0.4 is 14.8 Å². The van der Waals surface area contributed by atoms with Gasteiger partial charge in [0.05, 0.1) is 12.8 Å². The van der Waals surface area contributed by atoms with E-state index in [1.54, 1.807) is 6.20 Å². The Labute approximate surface area is 115 Å². The molecule has 1 aliphatic carbocycles. The minimum Gasteiger partial charge on any atom is -0.491 e. The fourth-order valence-electron chi connectivity index (χ4n) is 1.89. The molecule has 0 radical (unpaired) electrons. The Hall–Kier alpha value is -1.29. The number of pyridine rings is 1. The van der Waals surface area contributed by atoms with Gasteiger partial charge in [-0.3, -0.25) is 0 Å². The van der Waals surface area contributed by atoms with Gasteiger partial charge in [0, 0.05) is 12.1 Å². The lowest BCUT2D eigenvalue weighted by atomic mass is 9.89. The quantitative estimate of drug-likeness (QED) is 0.888. The second-order valence-electron chi connectivity index (χ2n) is 6.38. The van der Waals surface area contributed by atoms with Crippen molar-refractivity contribution in [3.8, 4) is 11.6 Å². The van der Waals surface area contributed by atoms with Crippen LogP contribution >= 0.6 is 0 Å². The zero-order valence-electron chi connectivity index (χ0n) is 12.3. The fraction of sp³-hybridized carbons (Fsp3) is 0.667.